The summed E-state index contributed by atoms with van der Waals surface area (Å²) in [6.45, 7) is 8.70. The number of aryl methyl sites for hydroxylation is 2. The van der Waals surface area contributed by atoms with Crippen LogP contribution in [0.1, 0.15) is 65.2 Å². The zero-order chi connectivity index (χ0) is 31.8. The first-order valence-corrected chi connectivity index (χ1v) is 16.7. The Balaban J connectivity index is 1.29. The number of halogens is 3. The van der Waals surface area contributed by atoms with Crippen LogP contribution in [0.2, 0.25) is 0 Å². The average molecular weight is 630 g/mol. The monoisotopic (exact) mass is 629 g/mol. The second-order valence-electron chi connectivity index (χ2n) is 13.6. The van der Waals surface area contributed by atoms with E-state index in [1.807, 2.05) is 18.5 Å². The number of para-hydroxylation sites is 1. The van der Waals surface area contributed by atoms with E-state index >= 15 is 0 Å². The molecule has 46 heavy (non-hydrogen) atoms. The molecule has 2 aromatic carbocycles. The van der Waals surface area contributed by atoms with Crippen LogP contribution in [0.4, 0.5) is 24.7 Å². The number of morpholine rings is 1. The summed E-state index contributed by atoms with van der Waals surface area (Å²) in [6, 6.07) is 12.9. The maximum Gasteiger partial charge on any atom is 0.416 e. The predicted octanol–water partition coefficient (Wildman–Crippen LogP) is 7.69. The lowest BCUT2D eigenvalue weighted by Crippen LogP contribution is -2.36. The van der Waals surface area contributed by atoms with Crippen molar-refractivity contribution >= 4 is 22.4 Å². The highest BCUT2D eigenvalue weighted by atomic mass is 19.4. The number of benzene rings is 2. The molecule has 1 aliphatic heterocycles. The Morgan fingerprint density at radius 1 is 0.913 bits per heavy atom. The SMILES string of the molecule is Cc1cc(CC(Cc2cc3cccc(C)c3nc2N(CC2CC2)CC2CC2)c2ncc(N3CCOCC3)cn2)cc(C(F)(F)F)c1. The molecule has 1 unspecified atom stereocenters. The molecule has 0 spiro atoms. The van der Waals surface area contributed by atoms with Crippen molar-refractivity contribution < 1.29 is 17.9 Å². The molecule has 0 amide bonds. The van der Waals surface area contributed by atoms with E-state index in [9.17, 15) is 13.2 Å². The van der Waals surface area contributed by atoms with E-state index in [1.54, 1.807) is 6.92 Å². The molecular weight excluding hydrogens is 587 g/mol. The molecule has 3 heterocycles. The van der Waals surface area contributed by atoms with Crippen LogP contribution < -0.4 is 9.80 Å². The molecule has 2 aliphatic carbocycles. The second-order valence-corrected chi connectivity index (χ2v) is 13.6. The first kappa shape index (κ1) is 30.9. The van der Waals surface area contributed by atoms with Crippen molar-refractivity contribution in [2.24, 2.45) is 11.8 Å². The summed E-state index contributed by atoms with van der Waals surface area (Å²) in [6.07, 6.45) is 5.27. The standard InChI is InChI=1S/C37H42F3N5O/c1-24-14-28(17-32(15-24)37(38,39)40)16-30(35-41-20-33(21-42-35)44-10-12-46-13-11-44)19-31-18-29-5-3-4-25(2)34(29)43-36(31)45(22-26-6-7-26)23-27-8-9-27/h3-5,14-15,17-18,20-21,26-27,30H,6-13,16,19,22-23H2,1-2H3. The largest absolute Gasteiger partial charge is 0.416 e. The van der Waals surface area contributed by atoms with Gasteiger partial charge >= 0.3 is 6.18 Å². The summed E-state index contributed by atoms with van der Waals surface area (Å²) in [5, 5.41) is 1.08. The lowest BCUT2D eigenvalue weighted by molar-refractivity contribution is -0.137. The summed E-state index contributed by atoms with van der Waals surface area (Å²) in [5.41, 5.74) is 4.80. The highest BCUT2D eigenvalue weighted by Crippen LogP contribution is 2.39. The minimum absolute atomic E-state index is 0.242. The highest BCUT2D eigenvalue weighted by Gasteiger charge is 2.33. The van der Waals surface area contributed by atoms with Crippen molar-refractivity contribution in [1.29, 1.82) is 0 Å². The Hall–Kier alpha value is -3.72. The van der Waals surface area contributed by atoms with Crippen LogP contribution in [0.15, 0.2) is 54.9 Å². The number of ether oxygens (including phenoxy) is 1. The molecule has 0 radical (unpaired) electrons. The van der Waals surface area contributed by atoms with Gasteiger partial charge in [0.25, 0.3) is 0 Å². The predicted molar refractivity (Wildman–Crippen MR) is 176 cm³/mol. The zero-order valence-corrected chi connectivity index (χ0v) is 26.7. The summed E-state index contributed by atoms with van der Waals surface area (Å²) in [5.74, 6) is 2.80. The highest BCUT2D eigenvalue weighted by molar-refractivity contribution is 5.84. The molecule has 2 saturated carbocycles. The van der Waals surface area contributed by atoms with Gasteiger partial charge in [-0.05, 0) is 99.1 Å². The summed E-state index contributed by atoms with van der Waals surface area (Å²) in [4.78, 5) is 19.8. The van der Waals surface area contributed by atoms with E-state index in [0.717, 1.165) is 59.7 Å². The van der Waals surface area contributed by atoms with E-state index in [0.29, 0.717) is 54.8 Å². The summed E-state index contributed by atoms with van der Waals surface area (Å²) >= 11 is 0. The van der Waals surface area contributed by atoms with Crippen LogP contribution in [0, 0.1) is 25.7 Å². The van der Waals surface area contributed by atoms with Gasteiger partial charge in [0.15, 0.2) is 0 Å². The molecule has 242 valence electrons. The molecule has 1 saturated heterocycles. The van der Waals surface area contributed by atoms with E-state index in [2.05, 4.69) is 41.0 Å². The van der Waals surface area contributed by atoms with E-state index in [4.69, 9.17) is 19.7 Å². The van der Waals surface area contributed by atoms with E-state index in [1.165, 1.54) is 37.8 Å². The van der Waals surface area contributed by atoms with Gasteiger partial charge in [-0.3, -0.25) is 0 Å². The number of rotatable bonds is 11. The van der Waals surface area contributed by atoms with Gasteiger partial charge in [-0.25, -0.2) is 15.0 Å². The molecule has 2 aromatic heterocycles. The Kier molecular flexibility index (Phi) is 8.61. The van der Waals surface area contributed by atoms with Gasteiger partial charge in [0, 0.05) is 37.5 Å². The van der Waals surface area contributed by atoms with Crippen molar-refractivity contribution in [3.63, 3.8) is 0 Å². The van der Waals surface area contributed by atoms with Crippen molar-refractivity contribution in [2.45, 2.75) is 64.5 Å². The van der Waals surface area contributed by atoms with E-state index < -0.39 is 11.7 Å². The fourth-order valence-corrected chi connectivity index (χ4v) is 6.75. The number of nitrogens with zero attached hydrogens (tertiary/aromatic N) is 5. The fraction of sp³-hybridized carbons (Fsp3) is 0.486. The van der Waals surface area contributed by atoms with Gasteiger partial charge in [-0.1, -0.05) is 29.8 Å². The van der Waals surface area contributed by atoms with Crippen LogP contribution in [-0.4, -0.2) is 54.3 Å². The Bertz CT molecular complexity index is 1660. The molecule has 6 nitrogen and oxygen atoms in total. The average Bonchev–Trinajstić information content (AvgIpc) is 3.98. The number of alkyl halides is 3. The van der Waals surface area contributed by atoms with Gasteiger partial charge in [0.05, 0.1) is 42.4 Å². The maximum atomic E-state index is 13.9. The smallest absolute Gasteiger partial charge is 0.378 e. The molecule has 3 aliphatic rings. The Labute approximate surface area is 269 Å². The second kappa shape index (κ2) is 12.8. The molecule has 3 fully saturated rings. The van der Waals surface area contributed by atoms with Crippen molar-refractivity contribution in [3.8, 4) is 0 Å². The third kappa shape index (κ3) is 7.30. The lowest BCUT2D eigenvalue weighted by Gasteiger charge is -2.29. The van der Waals surface area contributed by atoms with Crippen LogP contribution in [-0.2, 0) is 23.8 Å². The number of fused-ring (bicyclic) bond motifs is 1. The Morgan fingerprint density at radius 3 is 2.26 bits per heavy atom. The Morgan fingerprint density at radius 2 is 1.61 bits per heavy atom. The lowest BCUT2D eigenvalue weighted by atomic mass is 9.89. The van der Waals surface area contributed by atoms with Crippen LogP contribution in [0.3, 0.4) is 0 Å². The number of hydrogen-bond acceptors (Lipinski definition) is 6. The van der Waals surface area contributed by atoms with Crippen molar-refractivity contribution in [3.05, 3.63) is 88.5 Å². The zero-order valence-electron chi connectivity index (χ0n) is 26.7. The number of aromatic nitrogens is 3. The molecule has 0 N–H and O–H groups in total. The topological polar surface area (TPSA) is 54.4 Å². The first-order chi connectivity index (χ1) is 22.2. The quantitative estimate of drug-likeness (QED) is 0.170. The third-order valence-electron chi connectivity index (χ3n) is 9.57. The molecule has 9 heteroatoms. The van der Waals surface area contributed by atoms with Gasteiger partial charge in [0.2, 0.25) is 0 Å². The van der Waals surface area contributed by atoms with Gasteiger partial charge < -0.3 is 14.5 Å². The molecular formula is C37H42F3N5O. The maximum absolute atomic E-state index is 13.9. The minimum atomic E-state index is -4.41. The number of anilines is 2. The van der Waals surface area contributed by atoms with Gasteiger partial charge in [-0.2, -0.15) is 13.2 Å². The summed E-state index contributed by atoms with van der Waals surface area (Å²) in [7, 11) is 0. The molecule has 0 bridgehead atoms. The van der Waals surface area contributed by atoms with E-state index in [-0.39, 0.29) is 5.92 Å². The van der Waals surface area contributed by atoms with Gasteiger partial charge in [-0.15, -0.1) is 0 Å². The minimum Gasteiger partial charge on any atom is -0.378 e. The van der Waals surface area contributed by atoms with Crippen LogP contribution in [0.25, 0.3) is 10.9 Å². The molecule has 4 aromatic rings. The summed E-state index contributed by atoms with van der Waals surface area (Å²) < 4.78 is 47.1. The third-order valence-corrected chi connectivity index (χ3v) is 9.57. The van der Waals surface area contributed by atoms with Crippen molar-refractivity contribution in [2.75, 3.05) is 49.2 Å². The fourth-order valence-electron chi connectivity index (χ4n) is 6.75. The van der Waals surface area contributed by atoms with Gasteiger partial charge in [0.1, 0.15) is 11.6 Å². The molecule has 7 rings (SSSR count). The molecule has 1 atom stereocenters. The number of hydrogen-bond donors (Lipinski definition) is 0. The first-order valence-electron chi connectivity index (χ1n) is 16.7. The van der Waals surface area contributed by atoms with Crippen LogP contribution in [0.5, 0.6) is 0 Å². The van der Waals surface area contributed by atoms with Crippen molar-refractivity contribution in [1.82, 2.24) is 15.0 Å². The van der Waals surface area contributed by atoms with Crippen LogP contribution >= 0.6 is 0 Å². The normalized spacial score (nSPS) is 17.8. The number of pyridine rings is 1.